The van der Waals surface area contributed by atoms with Crippen molar-refractivity contribution >= 4 is 15.9 Å². The summed E-state index contributed by atoms with van der Waals surface area (Å²) in [5.74, 6) is 0.732. The number of hydrogen-bond donors (Lipinski definition) is 2. The van der Waals surface area contributed by atoms with E-state index < -0.39 is 0 Å². The Labute approximate surface area is 92.0 Å². The minimum absolute atomic E-state index is 0.00346. The molecule has 1 atom stereocenters. The van der Waals surface area contributed by atoms with Gasteiger partial charge in [-0.2, -0.15) is 0 Å². The van der Waals surface area contributed by atoms with Crippen LogP contribution in [0.3, 0.4) is 0 Å². The van der Waals surface area contributed by atoms with Gasteiger partial charge < -0.3 is 15.6 Å². The normalized spacial score (nSPS) is 12.6. The molecule has 14 heavy (non-hydrogen) atoms. The topological polar surface area (TPSA) is 55.5 Å². The van der Waals surface area contributed by atoms with Crippen LogP contribution < -0.4 is 10.5 Å². The zero-order chi connectivity index (χ0) is 10.6. The number of benzene rings is 1. The molecule has 0 aliphatic carbocycles. The Hall–Kier alpha value is -0.580. The van der Waals surface area contributed by atoms with E-state index in [2.05, 4.69) is 15.9 Å². The van der Waals surface area contributed by atoms with E-state index in [1.165, 1.54) is 0 Å². The second kappa shape index (κ2) is 5.34. The van der Waals surface area contributed by atoms with Gasteiger partial charge in [0.05, 0.1) is 6.61 Å². The Morgan fingerprint density at radius 1 is 1.57 bits per heavy atom. The van der Waals surface area contributed by atoms with Crippen LogP contribution in [0.15, 0.2) is 22.7 Å². The van der Waals surface area contributed by atoms with Gasteiger partial charge in [0.1, 0.15) is 12.4 Å². The maximum absolute atomic E-state index is 8.58. The minimum atomic E-state index is -0.00346. The van der Waals surface area contributed by atoms with E-state index in [1.807, 2.05) is 25.1 Å². The van der Waals surface area contributed by atoms with Crippen LogP contribution in [0.25, 0.3) is 0 Å². The highest BCUT2D eigenvalue weighted by Crippen LogP contribution is 2.26. The average molecular weight is 260 g/mol. The van der Waals surface area contributed by atoms with Crippen LogP contribution in [0.1, 0.15) is 18.5 Å². The molecule has 0 aromatic heterocycles. The molecule has 4 heteroatoms. The Morgan fingerprint density at radius 2 is 2.29 bits per heavy atom. The average Bonchev–Trinajstić information content (AvgIpc) is 2.14. The van der Waals surface area contributed by atoms with Gasteiger partial charge in [0.2, 0.25) is 0 Å². The number of aliphatic hydroxyl groups excluding tert-OH is 1. The number of aliphatic hydroxyl groups is 1. The largest absolute Gasteiger partial charge is 0.491 e. The molecule has 0 fully saturated rings. The SMILES string of the molecule is C[C@@H](N)c1ccc(OCCO)cc1Br. The first-order valence-corrected chi connectivity index (χ1v) is 5.23. The number of rotatable bonds is 4. The van der Waals surface area contributed by atoms with Crippen molar-refractivity contribution < 1.29 is 9.84 Å². The van der Waals surface area contributed by atoms with Gasteiger partial charge >= 0.3 is 0 Å². The third-order valence-corrected chi connectivity index (χ3v) is 2.51. The fourth-order valence-corrected chi connectivity index (χ4v) is 1.85. The number of ether oxygens (including phenoxy) is 1. The molecule has 0 radical (unpaired) electrons. The second-order valence-corrected chi connectivity index (χ2v) is 3.90. The predicted molar refractivity (Wildman–Crippen MR) is 59.3 cm³/mol. The lowest BCUT2D eigenvalue weighted by Crippen LogP contribution is -2.06. The molecule has 0 heterocycles. The smallest absolute Gasteiger partial charge is 0.120 e. The first kappa shape index (κ1) is 11.5. The van der Waals surface area contributed by atoms with Gasteiger partial charge in [-0.15, -0.1) is 0 Å². The maximum atomic E-state index is 8.58. The van der Waals surface area contributed by atoms with Crippen LogP contribution in [0.2, 0.25) is 0 Å². The summed E-state index contributed by atoms with van der Waals surface area (Å²) in [5, 5.41) is 8.58. The molecule has 3 nitrogen and oxygen atoms in total. The summed E-state index contributed by atoms with van der Waals surface area (Å²) in [7, 11) is 0. The van der Waals surface area contributed by atoms with Crippen LogP contribution in [0.5, 0.6) is 5.75 Å². The summed E-state index contributed by atoms with van der Waals surface area (Å²) in [6, 6.07) is 5.62. The van der Waals surface area contributed by atoms with Gasteiger partial charge in [0, 0.05) is 10.5 Å². The van der Waals surface area contributed by atoms with Crippen molar-refractivity contribution in [1.82, 2.24) is 0 Å². The van der Waals surface area contributed by atoms with Crippen LogP contribution in [0, 0.1) is 0 Å². The summed E-state index contributed by atoms with van der Waals surface area (Å²) < 4.78 is 6.18. The van der Waals surface area contributed by atoms with Crippen LogP contribution in [-0.2, 0) is 0 Å². The molecular weight excluding hydrogens is 246 g/mol. The summed E-state index contributed by atoms with van der Waals surface area (Å²) in [4.78, 5) is 0. The molecule has 1 aromatic rings. The number of hydrogen-bond acceptors (Lipinski definition) is 3. The molecule has 0 aliphatic heterocycles. The van der Waals surface area contributed by atoms with Gasteiger partial charge in [-0.05, 0) is 24.6 Å². The molecular formula is C10H14BrNO2. The Morgan fingerprint density at radius 3 is 2.79 bits per heavy atom. The lowest BCUT2D eigenvalue weighted by Gasteiger charge is -2.10. The van der Waals surface area contributed by atoms with E-state index in [4.69, 9.17) is 15.6 Å². The van der Waals surface area contributed by atoms with Crippen molar-refractivity contribution in [2.45, 2.75) is 13.0 Å². The van der Waals surface area contributed by atoms with E-state index in [1.54, 1.807) is 0 Å². The molecule has 1 rings (SSSR count). The highest BCUT2D eigenvalue weighted by atomic mass is 79.9. The fourth-order valence-electron chi connectivity index (χ4n) is 1.13. The van der Waals surface area contributed by atoms with Crippen molar-refractivity contribution in [2.75, 3.05) is 13.2 Å². The van der Waals surface area contributed by atoms with Crippen LogP contribution >= 0.6 is 15.9 Å². The summed E-state index contributed by atoms with van der Waals surface area (Å²) in [5.41, 5.74) is 6.80. The molecule has 0 saturated heterocycles. The first-order chi connectivity index (χ1) is 6.65. The van der Waals surface area contributed by atoms with Crippen molar-refractivity contribution in [3.05, 3.63) is 28.2 Å². The molecule has 78 valence electrons. The third-order valence-electron chi connectivity index (χ3n) is 1.82. The third kappa shape index (κ3) is 2.97. The molecule has 0 amide bonds. The molecule has 0 bridgehead atoms. The summed E-state index contributed by atoms with van der Waals surface area (Å²) >= 11 is 3.42. The van der Waals surface area contributed by atoms with E-state index in [0.717, 1.165) is 15.8 Å². The molecule has 1 aromatic carbocycles. The standard InChI is InChI=1S/C10H14BrNO2/c1-7(12)9-3-2-8(6-10(9)11)14-5-4-13/h2-3,6-7,13H,4-5,12H2,1H3/t7-/m1/s1. The fraction of sp³-hybridized carbons (Fsp3) is 0.400. The molecule has 0 saturated carbocycles. The van der Waals surface area contributed by atoms with Gasteiger partial charge in [0.15, 0.2) is 0 Å². The van der Waals surface area contributed by atoms with Gasteiger partial charge in [-0.25, -0.2) is 0 Å². The zero-order valence-corrected chi connectivity index (χ0v) is 9.62. The number of nitrogens with two attached hydrogens (primary N) is 1. The first-order valence-electron chi connectivity index (χ1n) is 4.44. The molecule has 3 N–H and O–H groups in total. The zero-order valence-electron chi connectivity index (χ0n) is 8.03. The minimum Gasteiger partial charge on any atom is -0.491 e. The summed E-state index contributed by atoms with van der Waals surface area (Å²) in [6.07, 6.45) is 0. The highest BCUT2D eigenvalue weighted by Gasteiger charge is 2.05. The quantitative estimate of drug-likeness (QED) is 0.868. The monoisotopic (exact) mass is 259 g/mol. The van der Waals surface area contributed by atoms with E-state index in [9.17, 15) is 0 Å². The van der Waals surface area contributed by atoms with Crippen LogP contribution in [-0.4, -0.2) is 18.3 Å². The molecule has 0 spiro atoms. The van der Waals surface area contributed by atoms with Crippen molar-refractivity contribution in [3.63, 3.8) is 0 Å². The lowest BCUT2D eigenvalue weighted by molar-refractivity contribution is 0.201. The Bertz CT molecular complexity index is 302. The van der Waals surface area contributed by atoms with Crippen LogP contribution in [0.4, 0.5) is 0 Å². The highest BCUT2D eigenvalue weighted by molar-refractivity contribution is 9.10. The van der Waals surface area contributed by atoms with E-state index >= 15 is 0 Å². The molecule has 0 aliphatic rings. The lowest BCUT2D eigenvalue weighted by atomic mass is 10.1. The van der Waals surface area contributed by atoms with Gasteiger partial charge in [0.25, 0.3) is 0 Å². The molecule has 0 unspecified atom stereocenters. The second-order valence-electron chi connectivity index (χ2n) is 3.04. The Kier molecular flexibility index (Phi) is 4.38. The van der Waals surface area contributed by atoms with E-state index in [-0.39, 0.29) is 12.6 Å². The Balaban J connectivity index is 2.78. The van der Waals surface area contributed by atoms with Crippen molar-refractivity contribution in [2.24, 2.45) is 5.73 Å². The van der Waals surface area contributed by atoms with E-state index in [0.29, 0.717) is 6.61 Å². The summed E-state index contributed by atoms with van der Waals surface area (Å²) in [6.45, 7) is 2.25. The predicted octanol–water partition coefficient (Wildman–Crippen LogP) is 1.84. The number of halogens is 1. The maximum Gasteiger partial charge on any atom is 0.120 e. The van der Waals surface area contributed by atoms with Gasteiger partial charge in [-0.1, -0.05) is 22.0 Å². The van der Waals surface area contributed by atoms with Gasteiger partial charge in [-0.3, -0.25) is 0 Å². The van der Waals surface area contributed by atoms with Crippen molar-refractivity contribution in [3.8, 4) is 5.75 Å². The van der Waals surface area contributed by atoms with Crippen molar-refractivity contribution in [1.29, 1.82) is 0 Å².